The zero-order valence-corrected chi connectivity index (χ0v) is 56.9. The molecule has 6 aromatic heterocycles. The summed E-state index contributed by atoms with van der Waals surface area (Å²) >= 11 is 0. The van der Waals surface area contributed by atoms with Crippen molar-refractivity contribution in [1.82, 2.24) is 39.0 Å². The van der Waals surface area contributed by atoms with E-state index in [1.54, 1.807) is 0 Å². The summed E-state index contributed by atoms with van der Waals surface area (Å²) in [5.74, 6) is 3.45. The van der Waals surface area contributed by atoms with E-state index in [9.17, 15) is 0 Å². The van der Waals surface area contributed by atoms with Gasteiger partial charge in [0.1, 0.15) is 22.3 Å². The molecule has 21 rings (SSSR count). The van der Waals surface area contributed by atoms with Crippen LogP contribution in [0.2, 0.25) is 0 Å². The fourth-order valence-electron chi connectivity index (χ4n) is 15.5. The molecule has 0 bridgehead atoms. The Hall–Kier alpha value is -14.5. The van der Waals surface area contributed by atoms with Crippen molar-refractivity contribution in [3.63, 3.8) is 0 Å². The van der Waals surface area contributed by atoms with Gasteiger partial charge in [-0.15, -0.1) is 0 Å². The Morgan fingerprint density at radius 3 is 0.991 bits per heavy atom. The second kappa shape index (κ2) is 24.7. The quantitative estimate of drug-likeness (QED) is 0.119. The molecule has 0 saturated carbocycles. The van der Waals surface area contributed by atoms with E-state index < -0.39 is 0 Å². The number of para-hydroxylation sites is 5. The molecule has 6 heterocycles. The fourth-order valence-corrected chi connectivity index (χ4v) is 15.5. The number of hydrogen-bond acceptors (Lipinski definition) is 8. The molecule has 106 heavy (non-hydrogen) atoms. The van der Waals surface area contributed by atoms with E-state index in [2.05, 4.69) is 288 Å². The first-order valence-electron chi connectivity index (χ1n) is 35.5. The van der Waals surface area contributed by atoms with Gasteiger partial charge in [-0.25, -0.2) is 19.9 Å². The molecule has 10 nitrogen and oxygen atoms in total. The Bertz CT molecular complexity index is 7060. The fraction of sp³-hybridized carbons (Fsp3) is 0. The second-order valence-electron chi connectivity index (χ2n) is 26.9. The van der Waals surface area contributed by atoms with Gasteiger partial charge in [-0.05, 0) is 134 Å². The van der Waals surface area contributed by atoms with Gasteiger partial charge < -0.3 is 13.4 Å². The molecule has 0 atom stereocenters. The van der Waals surface area contributed by atoms with E-state index in [1.165, 1.54) is 0 Å². The van der Waals surface area contributed by atoms with Crippen LogP contribution in [0.25, 0.3) is 212 Å². The molecule has 0 N–H and O–H groups in total. The van der Waals surface area contributed by atoms with Crippen molar-refractivity contribution in [2.45, 2.75) is 0 Å². The summed E-state index contributed by atoms with van der Waals surface area (Å²) in [6.45, 7) is 0. The Morgan fingerprint density at radius 1 is 0.179 bits per heavy atom. The molecule has 0 radical (unpaired) electrons. The lowest BCUT2D eigenvalue weighted by Gasteiger charge is -2.15. The molecule has 0 aliphatic heterocycles. The van der Waals surface area contributed by atoms with Crippen molar-refractivity contribution < 1.29 is 8.83 Å². The van der Waals surface area contributed by atoms with Crippen molar-refractivity contribution >= 4 is 87.5 Å². The summed E-state index contributed by atoms with van der Waals surface area (Å²) in [5, 5.41) is 8.94. The number of benzene rings is 15. The lowest BCUT2D eigenvalue weighted by Crippen LogP contribution is -2.06. The zero-order chi connectivity index (χ0) is 69.8. The van der Waals surface area contributed by atoms with Gasteiger partial charge in [0.2, 0.25) is 5.95 Å². The van der Waals surface area contributed by atoms with Gasteiger partial charge in [0.05, 0.1) is 27.8 Å². The summed E-state index contributed by atoms with van der Waals surface area (Å²) in [5.41, 5.74) is 23.9. The molecule has 0 spiro atoms. The van der Waals surface area contributed by atoms with Crippen molar-refractivity contribution in [2.75, 3.05) is 0 Å². The van der Waals surface area contributed by atoms with Crippen molar-refractivity contribution in [3.8, 4) is 124 Å². The van der Waals surface area contributed by atoms with E-state index >= 15 is 0 Å². The average Bonchev–Trinajstić information content (AvgIpc) is 1.58. The van der Waals surface area contributed by atoms with Gasteiger partial charge in [-0.3, -0.25) is 4.57 Å². The Labute approximate surface area is 607 Å². The maximum Gasteiger partial charge on any atom is 0.238 e. The van der Waals surface area contributed by atoms with E-state index in [0.717, 1.165) is 177 Å². The molecular formula is C96H58N8O2. The third-order valence-corrected chi connectivity index (χ3v) is 20.7. The monoisotopic (exact) mass is 1350 g/mol. The van der Waals surface area contributed by atoms with Gasteiger partial charge >= 0.3 is 0 Å². The minimum Gasteiger partial charge on any atom is -0.456 e. The second-order valence-corrected chi connectivity index (χ2v) is 26.9. The molecule has 0 aliphatic carbocycles. The minimum atomic E-state index is 0.534. The summed E-state index contributed by atoms with van der Waals surface area (Å²) < 4.78 is 17.3. The largest absolute Gasteiger partial charge is 0.456 e. The number of fused-ring (bicyclic) bond motifs is 12. The molecule has 0 amide bonds. The smallest absolute Gasteiger partial charge is 0.238 e. The molecule has 21 aromatic rings. The predicted molar refractivity (Wildman–Crippen MR) is 431 cm³/mol. The zero-order valence-electron chi connectivity index (χ0n) is 56.9. The van der Waals surface area contributed by atoms with Gasteiger partial charge in [-0.1, -0.05) is 273 Å². The van der Waals surface area contributed by atoms with Crippen LogP contribution in [-0.2, 0) is 0 Å². The first-order chi connectivity index (χ1) is 52.5. The number of hydrogen-bond donors (Lipinski definition) is 0. The molecular weight excluding hydrogens is 1300 g/mol. The first kappa shape index (κ1) is 60.3. The number of furan rings is 2. The van der Waals surface area contributed by atoms with E-state index in [0.29, 0.717) is 35.1 Å². The van der Waals surface area contributed by atoms with Crippen LogP contribution in [0.1, 0.15) is 0 Å². The Balaban J connectivity index is 0.574. The molecule has 0 fully saturated rings. The highest BCUT2D eigenvalue weighted by molar-refractivity contribution is 6.13. The van der Waals surface area contributed by atoms with Crippen LogP contribution in [-0.4, -0.2) is 39.0 Å². The van der Waals surface area contributed by atoms with Crippen LogP contribution in [0.5, 0.6) is 0 Å². The lowest BCUT2D eigenvalue weighted by atomic mass is 9.96. The standard InChI is InChI=1S/C96H58N8O2/c1-3-18-63(19-4-1)91-97-92(100-95(99-91)81-28-9-14-31-84(81)103-82-29-12-7-24-73(82)75-50-46-69(55-85(75)103)71-48-52-79-77-26-10-15-32-87(77)105-89(79)57-71)65-42-38-60(39-43-65)59-34-36-61(37-35-59)67-22-17-23-68(54-67)62-40-44-66(45-41-62)94-98-93(64-20-5-2-6-21-64)101-96(102-94)104-83-30-13-8-25-74(83)76-51-47-70(56-86(76)104)72-49-53-80-78-27-11-16-33-88(78)106-90(80)58-72/h1-58H. The van der Waals surface area contributed by atoms with Crippen LogP contribution >= 0.6 is 0 Å². The Morgan fingerprint density at radius 2 is 0.491 bits per heavy atom. The third kappa shape index (κ3) is 10.3. The van der Waals surface area contributed by atoms with Crippen molar-refractivity contribution in [3.05, 3.63) is 352 Å². The minimum absolute atomic E-state index is 0.534. The maximum absolute atomic E-state index is 6.37. The Kier molecular flexibility index (Phi) is 14.0. The molecule has 0 aliphatic rings. The summed E-state index contributed by atoms with van der Waals surface area (Å²) in [4.78, 5) is 31.6. The molecule has 494 valence electrons. The SMILES string of the molecule is c1ccc(-c2nc(-c3ccc(-c4ccc(-c5cccc(-c6ccc(-c7nc(-c8ccccc8)nc(-n8c9ccccc9c9ccc(-c%10ccc%11c(c%10)oc%10ccccc%10%11)cc98)n7)cc6)c5)cc4)cc3)nc(-c3ccccc3-n3c4ccccc4c4ccc(-c5ccc6c(c5)oc5ccccc56)cc43)n2)cc1. The first-order valence-corrected chi connectivity index (χ1v) is 35.5. The van der Waals surface area contributed by atoms with Crippen molar-refractivity contribution in [1.29, 1.82) is 0 Å². The molecule has 10 heteroatoms. The van der Waals surface area contributed by atoms with Crippen LogP contribution in [0.4, 0.5) is 0 Å². The topological polar surface area (TPSA) is 113 Å². The normalized spacial score (nSPS) is 11.8. The highest BCUT2D eigenvalue weighted by Gasteiger charge is 2.23. The summed E-state index contributed by atoms with van der Waals surface area (Å²) in [7, 11) is 0. The molecule has 15 aromatic carbocycles. The van der Waals surface area contributed by atoms with Crippen LogP contribution in [0.3, 0.4) is 0 Å². The number of nitrogens with zero attached hydrogens (tertiary/aromatic N) is 8. The van der Waals surface area contributed by atoms with E-state index in [-0.39, 0.29) is 0 Å². The van der Waals surface area contributed by atoms with Crippen LogP contribution < -0.4 is 0 Å². The van der Waals surface area contributed by atoms with Gasteiger partial charge in [0, 0.05) is 70.9 Å². The van der Waals surface area contributed by atoms with Gasteiger partial charge in [-0.2, -0.15) is 9.97 Å². The van der Waals surface area contributed by atoms with Crippen molar-refractivity contribution in [2.24, 2.45) is 0 Å². The van der Waals surface area contributed by atoms with Gasteiger partial charge in [0.15, 0.2) is 29.1 Å². The highest BCUT2D eigenvalue weighted by Crippen LogP contribution is 2.42. The summed E-state index contributed by atoms with van der Waals surface area (Å²) in [6.07, 6.45) is 0. The van der Waals surface area contributed by atoms with Crippen LogP contribution in [0, 0.1) is 0 Å². The average molecular weight is 1360 g/mol. The van der Waals surface area contributed by atoms with Crippen LogP contribution in [0.15, 0.2) is 361 Å². The van der Waals surface area contributed by atoms with Gasteiger partial charge in [0.25, 0.3) is 0 Å². The summed E-state index contributed by atoms with van der Waals surface area (Å²) in [6, 6.07) is 123. The maximum atomic E-state index is 6.37. The third-order valence-electron chi connectivity index (χ3n) is 20.7. The molecule has 0 saturated heterocycles. The van der Waals surface area contributed by atoms with E-state index in [1.807, 2.05) is 72.8 Å². The number of aromatic nitrogens is 8. The predicted octanol–water partition coefficient (Wildman–Crippen LogP) is 24.7. The van der Waals surface area contributed by atoms with E-state index in [4.69, 9.17) is 38.7 Å². The highest BCUT2D eigenvalue weighted by atomic mass is 16.3. The number of rotatable bonds is 12. The molecule has 0 unspecified atom stereocenters. The lowest BCUT2D eigenvalue weighted by molar-refractivity contribution is 0.668.